The highest BCUT2D eigenvalue weighted by molar-refractivity contribution is 5.47. The Morgan fingerprint density at radius 3 is 2.71 bits per heavy atom. The Bertz CT molecular complexity index is 762. The zero-order valence-corrected chi connectivity index (χ0v) is 16.8. The molecule has 28 heavy (non-hydrogen) atoms. The minimum atomic E-state index is -2.66. The molecular formula is C22H30F2N4. The molecule has 0 saturated carbocycles. The number of rotatable bonds is 9. The van der Waals surface area contributed by atoms with Gasteiger partial charge in [-0.25, -0.2) is 23.7 Å². The molecule has 2 aromatic rings. The number of pyridine rings is 1. The SMILES string of the molecule is CC[C@H](CCCC(F)(F)CCc1ccc2c(n1)NCCC2)c1cnc(C)nc1. The first-order valence-electron chi connectivity index (χ1n) is 10.4. The summed E-state index contributed by atoms with van der Waals surface area (Å²) in [5.41, 5.74) is 2.98. The van der Waals surface area contributed by atoms with E-state index < -0.39 is 5.92 Å². The lowest BCUT2D eigenvalue weighted by atomic mass is 9.92. The van der Waals surface area contributed by atoms with Crippen molar-refractivity contribution >= 4 is 5.82 Å². The molecule has 3 heterocycles. The molecule has 1 aliphatic rings. The third-order valence-electron chi connectivity index (χ3n) is 5.56. The molecule has 0 unspecified atom stereocenters. The molecule has 2 aromatic heterocycles. The summed E-state index contributed by atoms with van der Waals surface area (Å²) in [5, 5.41) is 3.26. The molecule has 0 amide bonds. The van der Waals surface area contributed by atoms with Crippen molar-refractivity contribution in [3.8, 4) is 0 Å². The lowest BCUT2D eigenvalue weighted by Gasteiger charge is -2.20. The second-order valence-electron chi connectivity index (χ2n) is 7.76. The molecule has 0 aliphatic carbocycles. The fourth-order valence-corrected chi connectivity index (χ4v) is 3.77. The van der Waals surface area contributed by atoms with E-state index in [2.05, 4.69) is 27.2 Å². The first-order chi connectivity index (χ1) is 13.5. The molecule has 0 radical (unpaired) electrons. The number of aryl methyl sites for hydroxylation is 3. The molecule has 3 rings (SSSR count). The van der Waals surface area contributed by atoms with Gasteiger partial charge in [-0.15, -0.1) is 0 Å². The van der Waals surface area contributed by atoms with Crippen molar-refractivity contribution in [2.24, 2.45) is 0 Å². The number of anilines is 1. The predicted octanol–water partition coefficient (Wildman–Crippen LogP) is 5.47. The van der Waals surface area contributed by atoms with E-state index in [-0.39, 0.29) is 18.8 Å². The van der Waals surface area contributed by atoms with Gasteiger partial charge in [-0.1, -0.05) is 13.0 Å². The van der Waals surface area contributed by atoms with Crippen molar-refractivity contribution in [3.05, 3.63) is 47.2 Å². The minimum absolute atomic E-state index is 0.0839. The predicted molar refractivity (Wildman–Crippen MR) is 108 cm³/mol. The van der Waals surface area contributed by atoms with Crippen molar-refractivity contribution in [2.45, 2.75) is 77.1 Å². The Morgan fingerprint density at radius 1 is 1.18 bits per heavy atom. The number of hydrogen-bond acceptors (Lipinski definition) is 4. The summed E-state index contributed by atoms with van der Waals surface area (Å²) in [4.78, 5) is 13.0. The van der Waals surface area contributed by atoms with Crippen LogP contribution in [0.15, 0.2) is 24.5 Å². The summed E-state index contributed by atoms with van der Waals surface area (Å²) < 4.78 is 28.8. The fraction of sp³-hybridized carbons (Fsp3) is 0.591. The molecule has 152 valence electrons. The van der Waals surface area contributed by atoms with Crippen molar-refractivity contribution in [2.75, 3.05) is 11.9 Å². The van der Waals surface area contributed by atoms with Crippen LogP contribution in [0.3, 0.4) is 0 Å². The van der Waals surface area contributed by atoms with Crippen LogP contribution in [0.4, 0.5) is 14.6 Å². The summed E-state index contributed by atoms with van der Waals surface area (Å²) in [6.07, 6.45) is 7.97. The van der Waals surface area contributed by atoms with Crippen LogP contribution in [0.1, 0.15) is 74.0 Å². The van der Waals surface area contributed by atoms with Gasteiger partial charge in [0, 0.05) is 37.5 Å². The normalized spacial score (nSPS) is 15.0. The minimum Gasteiger partial charge on any atom is -0.370 e. The second-order valence-corrected chi connectivity index (χ2v) is 7.76. The Kier molecular flexibility index (Phi) is 6.92. The van der Waals surface area contributed by atoms with Crippen LogP contribution in [-0.2, 0) is 12.8 Å². The van der Waals surface area contributed by atoms with Crippen LogP contribution >= 0.6 is 0 Å². The summed E-state index contributed by atoms with van der Waals surface area (Å²) >= 11 is 0. The maximum absolute atomic E-state index is 14.4. The number of hydrogen-bond donors (Lipinski definition) is 1. The molecule has 4 nitrogen and oxygen atoms in total. The van der Waals surface area contributed by atoms with E-state index in [1.54, 1.807) is 0 Å². The second kappa shape index (κ2) is 9.39. The van der Waals surface area contributed by atoms with Crippen LogP contribution in [0.2, 0.25) is 0 Å². The molecule has 0 aromatic carbocycles. The molecule has 0 spiro atoms. The Morgan fingerprint density at radius 2 is 1.96 bits per heavy atom. The van der Waals surface area contributed by atoms with Crippen LogP contribution in [-0.4, -0.2) is 27.4 Å². The van der Waals surface area contributed by atoms with Gasteiger partial charge in [-0.05, 0) is 68.6 Å². The molecule has 1 aliphatic heterocycles. The van der Waals surface area contributed by atoms with Gasteiger partial charge in [0.15, 0.2) is 0 Å². The summed E-state index contributed by atoms with van der Waals surface area (Å²) in [6, 6.07) is 3.92. The number of nitrogens with one attached hydrogen (secondary N) is 1. The zero-order chi connectivity index (χ0) is 20.0. The third-order valence-corrected chi connectivity index (χ3v) is 5.56. The first kappa shape index (κ1) is 20.6. The molecule has 1 N–H and O–H groups in total. The average molecular weight is 389 g/mol. The molecule has 0 saturated heterocycles. The summed E-state index contributed by atoms with van der Waals surface area (Å²) in [5.74, 6) is -0.813. The highest BCUT2D eigenvalue weighted by Crippen LogP contribution is 2.31. The monoisotopic (exact) mass is 388 g/mol. The number of aromatic nitrogens is 3. The van der Waals surface area contributed by atoms with E-state index >= 15 is 0 Å². The van der Waals surface area contributed by atoms with E-state index in [1.807, 2.05) is 31.5 Å². The highest BCUT2D eigenvalue weighted by Gasteiger charge is 2.28. The van der Waals surface area contributed by atoms with E-state index in [4.69, 9.17) is 0 Å². The Balaban J connectivity index is 1.47. The van der Waals surface area contributed by atoms with Gasteiger partial charge in [0.25, 0.3) is 0 Å². The quantitative estimate of drug-likeness (QED) is 0.619. The van der Waals surface area contributed by atoms with Gasteiger partial charge in [0.05, 0.1) is 0 Å². The van der Waals surface area contributed by atoms with Gasteiger partial charge in [-0.2, -0.15) is 0 Å². The third kappa shape index (κ3) is 5.69. The number of halogens is 2. The van der Waals surface area contributed by atoms with Crippen LogP contribution in [0.5, 0.6) is 0 Å². The number of nitrogens with zero attached hydrogens (tertiary/aromatic N) is 3. The zero-order valence-electron chi connectivity index (χ0n) is 16.8. The van der Waals surface area contributed by atoms with Gasteiger partial charge in [0.1, 0.15) is 11.6 Å². The molecule has 0 fully saturated rings. The van der Waals surface area contributed by atoms with E-state index in [0.717, 1.165) is 55.1 Å². The largest absolute Gasteiger partial charge is 0.370 e. The average Bonchev–Trinajstić information content (AvgIpc) is 2.70. The maximum atomic E-state index is 14.4. The van der Waals surface area contributed by atoms with Crippen LogP contribution in [0, 0.1) is 6.92 Å². The van der Waals surface area contributed by atoms with Crippen molar-refractivity contribution in [3.63, 3.8) is 0 Å². The van der Waals surface area contributed by atoms with Crippen molar-refractivity contribution in [1.29, 1.82) is 0 Å². The van der Waals surface area contributed by atoms with Crippen molar-refractivity contribution in [1.82, 2.24) is 15.0 Å². The van der Waals surface area contributed by atoms with Gasteiger partial charge >= 0.3 is 0 Å². The number of alkyl halides is 2. The van der Waals surface area contributed by atoms with E-state index in [0.29, 0.717) is 12.8 Å². The van der Waals surface area contributed by atoms with Gasteiger partial charge < -0.3 is 5.32 Å². The highest BCUT2D eigenvalue weighted by atomic mass is 19.3. The van der Waals surface area contributed by atoms with E-state index in [9.17, 15) is 8.78 Å². The molecule has 6 heteroatoms. The van der Waals surface area contributed by atoms with E-state index in [1.165, 1.54) is 5.56 Å². The van der Waals surface area contributed by atoms with Gasteiger partial charge in [-0.3, -0.25) is 0 Å². The maximum Gasteiger partial charge on any atom is 0.248 e. The Hall–Kier alpha value is -2.11. The summed E-state index contributed by atoms with van der Waals surface area (Å²) in [7, 11) is 0. The lowest BCUT2D eigenvalue weighted by molar-refractivity contribution is -0.0185. The van der Waals surface area contributed by atoms with Crippen LogP contribution < -0.4 is 5.32 Å². The number of fused-ring (bicyclic) bond motifs is 1. The van der Waals surface area contributed by atoms with Crippen LogP contribution in [0.25, 0.3) is 0 Å². The molecule has 0 bridgehead atoms. The lowest BCUT2D eigenvalue weighted by Crippen LogP contribution is -2.18. The topological polar surface area (TPSA) is 50.7 Å². The Labute approximate surface area is 166 Å². The first-order valence-corrected chi connectivity index (χ1v) is 10.4. The van der Waals surface area contributed by atoms with Crippen molar-refractivity contribution < 1.29 is 8.78 Å². The smallest absolute Gasteiger partial charge is 0.248 e. The van der Waals surface area contributed by atoms with Gasteiger partial charge in [0.2, 0.25) is 5.92 Å². The molecule has 1 atom stereocenters. The summed E-state index contributed by atoms with van der Waals surface area (Å²) in [6.45, 7) is 4.83. The standard InChI is InChI=1S/C22H30F2N4/c1-3-17(19-14-26-16(2)27-15-19)6-4-11-22(23,24)12-10-20-9-8-18-7-5-13-25-21(18)28-20/h8-9,14-15,17H,3-7,10-13H2,1-2H3,(H,25,28)/t17-/m1/s1. The fourth-order valence-electron chi connectivity index (χ4n) is 3.77. The molecular weight excluding hydrogens is 358 g/mol.